The van der Waals surface area contributed by atoms with Gasteiger partial charge in [-0.05, 0) is 62.7 Å². The molecule has 4 aromatic rings. The molecule has 1 aromatic heterocycles. The maximum atomic E-state index is 12.3. The largest absolute Gasteiger partial charge is 0.487 e. The van der Waals surface area contributed by atoms with Crippen LogP contribution >= 0.6 is 0 Å². The van der Waals surface area contributed by atoms with Gasteiger partial charge < -0.3 is 23.4 Å². The second-order valence-electron chi connectivity index (χ2n) is 10.1. The molecule has 248 valence electrons. The molecule has 0 radical (unpaired) electrons. The van der Waals surface area contributed by atoms with E-state index in [0.29, 0.717) is 10.9 Å². The Bertz CT molecular complexity index is 1870. The van der Waals surface area contributed by atoms with E-state index in [9.17, 15) is 21.6 Å². The van der Waals surface area contributed by atoms with Gasteiger partial charge in [0.1, 0.15) is 13.2 Å². The first-order chi connectivity index (χ1) is 22.0. The first-order valence-electron chi connectivity index (χ1n) is 14.4. The third kappa shape index (κ3) is 9.85. The molecule has 0 fully saturated rings. The van der Waals surface area contributed by atoms with Crippen LogP contribution in [-0.4, -0.2) is 69.7 Å². The van der Waals surface area contributed by atoms with Gasteiger partial charge >= 0.3 is 5.63 Å². The van der Waals surface area contributed by atoms with Crippen molar-refractivity contribution in [2.45, 2.75) is 30.6 Å². The minimum Gasteiger partial charge on any atom is -0.487 e. The van der Waals surface area contributed by atoms with Crippen LogP contribution in [0.15, 0.2) is 85.7 Å². The minimum absolute atomic E-state index is 0.00505. The lowest BCUT2D eigenvalue weighted by atomic mass is 10.1. The van der Waals surface area contributed by atoms with Crippen LogP contribution in [0.4, 0.5) is 0 Å². The molecule has 4 rings (SSSR count). The highest BCUT2D eigenvalue weighted by Crippen LogP contribution is 2.36. The third-order valence-corrected chi connectivity index (χ3v) is 9.20. The summed E-state index contributed by atoms with van der Waals surface area (Å²) in [4.78, 5) is 12.3. The molecular weight excluding hydrogens is 640 g/mol. The number of fused-ring (bicyclic) bond motifs is 1. The van der Waals surface area contributed by atoms with Gasteiger partial charge in [0.2, 0.25) is 5.75 Å². The van der Waals surface area contributed by atoms with E-state index in [0.717, 1.165) is 11.1 Å². The van der Waals surface area contributed by atoms with E-state index < -0.39 is 25.9 Å². The van der Waals surface area contributed by atoms with Crippen molar-refractivity contribution < 1.29 is 48.6 Å². The molecule has 0 N–H and O–H groups in total. The highest BCUT2D eigenvalue weighted by atomic mass is 32.2. The average molecular weight is 677 g/mol. The SMILES string of the molecule is Cc1ccc(S(=O)(=O)OCCOCCOc2ccc3c(C)cc(=O)oc3c2OCCOCCOS(=O)(=O)c2ccc(C)cc2)cc1. The first kappa shape index (κ1) is 35.1. The lowest BCUT2D eigenvalue weighted by Crippen LogP contribution is -2.15. The Labute approximate surface area is 268 Å². The summed E-state index contributed by atoms with van der Waals surface area (Å²) in [6.45, 7) is 5.42. The first-order valence-corrected chi connectivity index (χ1v) is 17.2. The van der Waals surface area contributed by atoms with E-state index in [4.69, 9.17) is 31.7 Å². The molecule has 14 heteroatoms. The van der Waals surface area contributed by atoms with Crippen molar-refractivity contribution in [2.24, 2.45) is 0 Å². The van der Waals surface area contributed by atoms with Crippen LogP contribution in [-0.2, 0) is 38.1 Å². The molecule has 0 saturated heterocycles. The molecule has 12 nitrogen and oxygen atoms in total. The maximum Gasteiger partial charge on any atom is 0.336 e. The number of hydrogen-bond donors (Lipinski definition) is 0. The molecule has 0 saturated carbocycles. The fourth-order valence-corrected chi connectivity index (χ4v) is 5.95. The predicted molar refractivity (Wildman–Crippen MR) is 168 cm³/mol. The normalized spacial score (nSPS) is 12.0. The number of hydrogen-bond acceptors (Lipinski definition) is 12. The number of aryl methyl sites for hydroxylation is 3. The quantitative estimate of drug-likeness (QED) is 0.0838. The average Bonchev–Trinajstić information content (AvgIpc) is 3.01. The fourth-order valence-electron chi connectivity index (χ4n) is 4.16. The lowest BCUT2D eigenvalue weighted by molar-refractivity contribution is 0.0713. The molecule has 0 unspecified atom stereocenters. The Balaban J connectivity index is 1.25. The fraction of sp³-hybridized carbons (Fsp3) is 0.344. The van der Waals surface area contributed by atoms with Crippen LogP contribution in [0.1, 0.15) is 16.7 Å². The zero-order chi connectivity index (χ0) is 33.2. The van der Waals surface area contributed by atoms with Crippen LogP contribution in [0.25, 0.3) is 11.0 Å². The van der Waals surface area contributed by atoms with Gasteiger partial charge in [0.25, 0.3) is 20.2 Å². The van der Waals surface area contributed by atoms with Crippen LogP contribution in [0.5, 0.6) is 11.5 Å². The predicted octanol–water partition coefficient (Wildman–Crippen LogP) is 4.32. The van der Waals surface area contributed by atoms with Crippen molar-refractivity contribution >= 4 is 31.2 Å². The molecule has 46 heavy (non-hydrogen) atoms. The molecule has 0 atom stereocenters. The van der Waals surface area contributed by atoms with Crippen LogP contribution in [0.3, 0.4) is 0 Å². The lowest BCUT2D eigenvalue weighted by Gasteiger charge is -2.15. The van der Waals surface area contributed by atoms with Gasteiger partial charge in [-0.15, -0.1) is 0 Å². The molecule has 0 amide bonds. The summed E-state index contributed by atoms with van der Waals surface area (Å²) in [5.74, 6) is 0.475. The Morgan fingerprint density at radius 2 is 1.07 bits per heavy atom. The van der Waals surface area contributed by atoms with Gasteiger partial charge in [0.15, 0.2) is 11.3 Å². The molecule has 0 spiro atoms. The zero-order valence-corrected chi connectivity index (χ0v) is 27.4. The minimum atomic E-state index is -3.90. The highest BCUT2D eigenvalue weighted by molar-refractivity contribution is 7.87. The Morgan fingerprint density at radius 1 is 0.587 bits per heavy atom. The Hall–Kier alpha value is -3.79. The van der Waals surface area contributed by atoms with E-state index in [1.807, 2.05) is 13.8 Å². The second kappa shape index (κ2) is 16.2. The summed E-state index contributed by atoms with van der Waals surface area (Å²) in [6, 6.07) is 17.4. The number of ether oxygens (including phenoxy) is 4. The van der Waals surface area contributed by atoms with Crippen LogP contribution in [0.2, 0.25) is 0 Å². The summed E-state index contributed by atoms with van der Waals surface area (Å²) in [6.07, 6.45) is 0. The topological polar surface area (TPSA) is 154 Å². The van der Waals surface area contributed by atoms with Gasteiger partial charge in [-0.2, -0.15) is 16.8 Å². The highest BCUT2D eigenvalue weighted by Gasteiger charge is 2.17. The molecule has 3 aromatic carbocycles. The van der Waals surface area contributed by atoms with E-state index in [1.165, 1.54) is 30.3 Å². The number of rotatable bonds is 18. The molecule has 0 aliphatic carbocycles. The Morgan fingerprint density at radius 3 is 1.59 bits per heavy atom. The van der Waals surface area contributed by atoms with Gasteiger partial charge in [-0.1, -0.05) is 35.4 Å². The summed E-state index contributed by atoms with van der Waals surface area (Å²) >= 11 is 0. The van der Waals surface area contributed by atoms with Crippen LogP contribution < -0.4 is 15.1 Å². The van der Waals surface area contributed by atoms with Crippen molar-refractivity contribution in [1.82, 2.24) is 0 Å². The van der Waals surface area contributed by atoms with E-state index in [1.54, 1.807) is 43.3 Å². The standard InChI is InChI=1S/C32H36O12S2/c1-23-4-8-26(9-5-23)45(34,35)42-20-16-38-14-18-40-29-13-12-28-25(3)22-30(33)44-31(28)32(29)41-19-15-39-17-21-43-46(36,37)27-10-6-24(2)7-11-27/h4-13,22H,14-21H2,1-3H3. The van der Waals surface area contributed by atoms with Crippen molar-refractivity contribution in [1.29, 1.82) is 0 Å². The summed E-state index contributed by atoms with van der Waals surface area (Å²) in [5, 5.41) is 0.653. The van der Waals surface area contributed by atoms with Crippen molar-refractivity contribution in [3.05, 3.63) is 93.8 Å². The van der Waals surface area contributed by atoms with Crippen molar-refractivity contribution in [3.63, 3.8) is 0 Å². The molecule has 0 aliphatic rings. The maximum absolute atomic E-state index is 12.3. The zero-order valence-electron chi connectivity index (χ0n) is 25.7. The molecular formula is C32H36O12S2. The monoisotopic (exact) mass is 676 g/mol. The van der Waals surface area contributed by atoms with Gasteiger partial charge in [-0.25, -0.2) is 4.79 Å². The van der Waals surface area contributed by atoms with E-state index in [2.05, 4.69) is 0 Å². The summed E-state index contributed by atoms with van der Waals surface area (Å²) in [5.41, 5.74) is 2.20. The summed E-state index contributed by atoms with van der Waals surface area (Å²) < 4.78 is 87.4. The third-order valence-electron chi connectivity index (χ3n) is 6.55. The Kier molecular flexibility index (Phi) is 12.3. The van der Waals surface area contributed by atoms with E-state index in [-0.39, 0.29) is 79.7 Å². The smallest absolute Gasteiger partial charge is 0.336 e. The van der Waals surface area contributed by atoms with E-state index >= 15 is 0 Å². The van der Waals surface area contributed by atoms with Gasteiger partial charge in [0, 0.05) is 11.5 Å². The molecule has 0 bridgehead atoms. The van der Waals surface area contributed by atoms with Crippen molar-refractivity contribution in [2.75, 3.05) is 52.9 Å². The molecule has 1 heterocycles. The molecule has 0 aliphatic heterocycles. The number of benzene rings is 3. The van der Waals surface area contributed by atoms with Gasteiger partial charge in [-0.3, -0.25) is 8.37 Å². The van der Waals surface area contributed by atoms with Gasteiger partial charge in [0.05, 0.1) is 49.4 Å². The summed E-state index contributed by atoms with van der Waals surface area (Å²) in [7, 11) is -7.79. The second-order valence-corrected chi connectivity index (χ2v) is 13.3. The van der Waals surface area contributed by atoms with Crippen LogP contribution in [0, 0.1) is 20.8 Å². The van der Waals surface area contributed by atoms with Crippen molar-refractivity contribution in [3.8, 4) is 11.5 Å².